The van der Waals surface area contributed by atoms with Crippen molar-refractivity contribution >= 4 is 28.7 Å². The van der Waals surface area contributed by atoms with Gasteiger partial charge < -0.3 is 20.3 Å². The van der Waals surface area contributed by atoms with Crippen molar-refractivity contribution in [2.45, 2.75) is 6.42 Å². The average Bonchev–Trinajstić information content (AvgIpc) is 2.69. The zero-order valence-electron chi connectivity index (χ0n) is 14.9. The van der Waals surface area contributed by atoms with Crippen molar-refractivity contribution in [1.82, 2.24) is 0 Å². The number of ether oxygens (including phenoxy) is 1. The maximum atomic E-state index is 12.1. The van der Waals surface area contributed by atoms with Crippen molar-refractivity contribution in [2.75, 3.05) is 48.4 Å². The number of anilines is 3. The summed E-state index contributed by atoms with van der Waals surface area (Å²) in [5, 5.41) is 16.8. The number of para-hydroxylation sites is 2. The number of morpholine rings is 1. The van der Waals surface area contributed by atoms with Gasteiger partial charge in [0.15, 0.2) is 0 Å². The molecule has 0 aromatic heterocycles. The Kier molecular flexibility index (Phi) is 6.22. The summed E-state index contributed by atoms with van der Waals surface area (Å²) in [7, 11) is 0. The molecule has 8 heteroatoms. The van der Waals surface area contributed by atoms with E-state index in [0.717, 1.165) is 37.7 Å². The summed E-state index contributed by atoms with van der Waals surface area (Å²) in [4.78, 5) is 24.9. The van der Waals surface area contributed by atoms with Crippen molar-refractivity contribution < 1.29 is 14.5 Å². The van der Waals surface area contributed by atoms with E-state index in [0.29, 0.717) is 12.2 Å². The van der Waals surface area contributed by atoms with E-state index < -0.39 is 4.92 Å². The van der Waals surface area contributed by atoms with Crippen LogP contribution in [0.3, 0.4) is 0 Å². The number of nitro benzene ring substituents is 1. The van der Waals surface area contributed by atoms with Crippen molar-refractivity contribution in [3.63, 3.8) is 0 Å². The molecule has 0 bridgehead atoms. The zero-order valence-corrected chi connectivity index (χ0v) is 14.9. The molecular weight excluding hydrogens is 348 g/mol. The third-order valence-corrected chi connectivity index (χ3v) is 4.30. The molecule has 1 aliphatic heterocycles. The smallest absolute Gasteiger partial charge is 0.292 e. The van der Waals surface area contributed by atoms with Crippen molar-refractivity contribution in [3.8, 4) is 0 Å². The van der Waals surface area contributed by atoms with Gasteiger partial charge in [-0.15, -0.1) is 0 Å². The third kappa shape index (κ3) is 5.18. The van der Waals surface area contributed by atoms with Crippen molar-refractivity contribution in [2.24, 2.45) is 0 Å². The van der Waals surface area contributed by atoms with Gasteiger partial charge in [-0.05, 0) is 30.3 Å². The fourth-order valence-electron chi connectivity index (χ4n) is 2.89. The lowest BCUT2D eigenvalue weighted by Gasteiger charge is -2.28. The summed E-state index contributed by atoms with van der Waals surface area (Å²) in [5.41, 5.74) is 2.24. The molecule has 3 rings (SSSR count). The number of amides is 1. The topological polar surface area (TPSA) is 96.7 Å². The third-order valence-electron chi connectivity index (χ3n) is 4.30. The predicted octanol–water partition coefficient (Wildman–Crippen LogP) is 2.87. The molecule has 1 amide bonds. The molecule has 0 unspecified atom stereocenters. The Morgan fingerprint density at radius 1 is 1.11 bits per heavy atom. The van der Waals surface area contributed by atoms with Crippen LogP contribution in [0.2, 0.25) is 0 Å². The minimum Gasteiger partial charge on any atom is -0.379 e. The number of carbonyl (C=O) groups excluding carboxylic acids is 1. The van der Waals surface area contributed by atoms with Crippen molar-refractivity contribution in [3.05, 3.63) is 58.6 Å². The Labute approximate surface area is 157 Å². The first-order chi connectivity index (χ1) is 13.1. The van der Waals surface area contributed by atoms with Crippen molar-refractivity contribution in [1.29, 1.82) is 0 Å². The van der Waals surface area contributed by atoms with Crippen LogP contribution in [-0.2, 0) is 9.53 Å². The lowest BCUT2D eigenvalue weighted by molar-refractivity contribution is -0.384. The van der Waals surface area contributed by atoms with Gasteiger partial charge in [0.05, 0.1) is 18.1 Å². The lowest BCUT2D eigenvalue weighted by atomic mass is 10.2. The van der Waals surface area contributed by atoms with E-state index in [2.05, 4.69) is 15.5 Å². The van der Waals surface area contributed by atoms with Gasteiger partial charge in [0.25, 0.3) is 5.69 Å². The standard InChI is InChI=1S/C19H22N4O4/c24-19(9-10-20-17-3-1-2-4-18(17)23(25)26)21-15-5-7-16(8-6-15)22-11-13-27-14-12-22/h1-8,20H,9-14H2,(H,21,24). The van der Waals surface area contributed by atoms with Gasteiger partial charge >= 0.3 is 0 Å². The molecule has 1 saturated heterocycles. The van der Waals surface area contributed by atoms with Gasteiger partial charge in [0, 0.05) is 43.5 Å². The van der Waals surface area contributed by atoms with Crippen LogP contribution >= 0.6 is 0 Å². The molecule has 1 fully saturated rings. The average molecular weight is 370 g/mol. The molecule has 2 N–H and O–H groups in total. The van der Waals surface area contributed by atoms with Crippen LogP contribution in [0.1, 0.15) is 6.42 Å². The van der Waals surface area contributed by atoms with Crippen LogP contribution in [0.4, 0.5) is 22.7 Å². The SMILES string of the molecule is O=C(CCNc1ccccc1[N+](=O)[O-])Nc1ccc(N2CCOCC2)cc1. The fourth-order valence-corrected chi connectivity index (χ4v) is 2.89. The van der Waals surface area contributed by atoms with E-state index in [1.54, 1.807) is 18.2 Å². The van der Waals surface area contributed by atoms with Crippen LogP contribution in [0.5, 0.6) is 0 Å². The number of hydrogen-bond donors (Lipinski definition) is 2. The van der Waals surface area contributed by atoms with E-state index in [9.17, 15) is 14.9 Å². The number of nitrogens with zero attached hydrogens (tertiary/aromatic N) is 2. The monoisotopic (exact) mass is 370 g/mol. The van der Waals surface area contributed by atoms with E-state index >= 15 is 0 Å². The Balaban J connectivity index is 1.47. The molecule has 1 heterocycles. The second-order valence-corrected chi connectivity index (χ2v) is 6.15. The second-order valence-electron chi connectivity index (χ2n) is 6.15. The Bertz CT molecular complexity index is 789. The summed E-state index contributed by atoms with van der Waals surface area (Å²) in [6.45, 7) is 3.49. The maximum Gasteiger partial charge on any atom is 0.292 e. The minimum absolute atomic E-state index is 0.00314. The first-order valence-electron chi connectivity index (χ1n) is 8.83. The summed E-state index contributed by atoms with van der Waals surface area (Å²) in [6, 6.07) is 14.1. The van der Waals surface area contributed by atoms with E-state index in [4.69, 9.17) is 4.74 Å². The number of benzene rings is 2. The number of nitrogens with one attached hydrogen (secondary N) is 2. The van der Waals surface area contributed by atoms with Gasteiger partial charge in [-0.25, -0.2) is 0 Å². The minimum atomic E-state index is -0.446. The molecule has 0 radical (unpaired) electrons. The molecule has 142 valence electrons. The Hall–Kier alpha value is -3.13. The van der Waals surface area contributed by atoms with Crippen LogP contribution in [0.15, 0.2) is 48.5 Å². The molecule has 0 saturated carbocycles. The maximum absolute atomic E-state index is 12.1. The predicted molar refractivity (Wildman–Crippen MR) is 104 cm³/mol. The summed E-state index contributed by atoms with van der Waals surface area (Å²) >= 11 is 0. The summed E-state index contributed by atoms with van der Waals surface area (Å²) in [5.74, 6) is -0.153. The van der Waals surface area contributed by atoms with Gasteiger partial charge in [0.2, 0.25) is 5.91 Å². The molecule has 8 nitrogen and oxygen atoms in total. The molecule has 2 aromatic carbocycles. The van der Waals surface area contributed by atoms with Crippen LogP contribution in [-0.4, -0.2) is 43.7 Å². The zero-order chi connectivity index (χ0) is 19.1. The highest BCUT2D eigenvalue weighted by molar-refractivity contribution is 5.91. The Morgan fingerprint density at radius 2 is 1.81 bits per heavy atom. The van der Waals surface area contributed by atoms with Gasteiger partial charge in [-0.1, -0.05) is 12.1 Å². The lowest BCUT2D eigenvalue weighted by Crippen LogP contribution is -2.36. The molecule has 27 heavy (non-hydrogen) atoms. The van der Waals surface area contributed by atoms with E-state index in [1.807, 2.05) is 24.3 Å². The number of hydrogen-bond acceptors (Lipinski definition) is 6. The fraction of sp³-hybridized carbons (Fsp3) is 0.316. The van der Waals surface area contributed by atoms with Crippen LogP contribution < -0.4 is 15.5 Å². The normalized spacial score (nSPS) is 13.9. The number of carbonyl (C=O) groups is 1. The highest BCUT2D eigenvalue weighted by atomic mass is 16.6. The highest BCUT2D eigenvalue weighted by Gasteiger charge is 2.13. The number of rotatable bonds is 7. The molecule has 0 spiro atoms. The van der Waals surface area contributed by atoms with E-state index in [-0.39, 0.29) is 18.0 Å². The first-order valence-corrected chi connectivity index (χ1v) is 8.83. The summed E-state index contributed by atoms with van der Waals surface area (Å²) < 4.78 is 5.35. The van der Waals surface area contributed by atoms with Gasteiger partial charge in [0.1, 0.15) is 5.69 Å². The second kappa shape index (κ2) is 9.00. The highest BCUT2D eigenvalue weighted by Crippen LogP contribution is 2.23. The molecule has 1 aliphatic rings. The van der Waals surface area contributed by atoms with Gasteiger partial charge in [-0.2, -0.15) is 0 Å². The summed E-state index contributed by atoms with van der Waals surface area (Å²) in [6.07, 6.45) is 0.206. The quantitative estimate of drug-likeness (QED) is 0.575. The number of nitro groups is 1. The van der Waals surface area contributed by atoms with E-state index in [1.165, 1.54) is 6.07 Å². The first kappa shape index (κ1) is 18.7. The Morgan fingerprint density at radius 3 is 2.52 bits per heavy atom. The largest absolute Gasteiger partial charge is 0.379 e. The molecular formula is C19H22N4O4. The molecule has 2 aromatic rings. The molecule has 0 aliphatic carbocycles. The molecule has 0 atom stereocenters. The van der Waals surface area contributed by atoms with Crippen LogP contribution in [0, 0.1) is 10.1 Å². The van der Waals surface area contributed by atoms with Crippen LogP contribution in [0.25, 0.3) is 0 Å². The van der Waals surface area contributed by atoms with Gasteiger partial charge in [-0.3, -0.25) is 14.9 Å².